The van der Waals surface area contributed by atoms with Gasteiger partial charge in [-0.1, -0.05) is 12.0 Å². The van der Waals surface area contributed by atoms with Crippen LogP contribution in [0.2, 0.25) is 0 Å². The van der Waals surface area contributed by atoms with Crippen LogP contribution in [0.25, 0.3) is 0 Å². The minimum absolute atomic E-state index is 0.0515. The second-order valence-electron chi connectivity index (χ2n) is 4.71. The molecule has 5 heteroatoms. The summed E-state index contributed by atoms with van der Waals surface area (Å²) in [5.41, 5.74) is 0. The summed E-state index contributed by atoms with van der Waals surface area (Å²) in [5, 5.41) is 9.86. The summed E-state index contributed by atoms with van der Waals surface area (Å²) in [5.74, 6) is 2.91. The van der Waals surface area contributed by atoms with E-state index in [-0.39, 0.29) is 17.5 Å². The molecular weight excluding hydrogens is 250 g/mol. The quantitative estimate of drug-likeness (QED) is 0.539. The lowest BCUT2D eigenvalue weighted by Gasteiger charge is -2.28. The van der Waals surface area contributed by atoms with Crippen molar-refractivity contribution in [2.24, 2.45) is 0 Å². The normalized spacial score (nSPS) is 23.7. The van der Waals surface area contributed by atoms with E-state index in [4.69, 9.17) is 6.42 Å². The number of sulfone groups is 1. The number of aliphatic hydroxyl groups excluding tert-OH is 1. The van der Waals surface area contributed by atoms with E-state index >= 15 is 0 Å². The third-order valence-electron chi connectivity index (χ3n) is 3.17. The first-order valence-electron chi connectivity index (χ1n) is 6.15. The maximum Gasteiger partial charge on any atom is 0.151 e. The Labute approximate surface area is 110 Å². The fourth-order valence-corrected chi connectivity index (χ4v) is 3.96. The molecule has 1 N–H and O–H groups in total. The van der Waals surface area contributed by atoms with Crippen LogP contribution in [0.3, 0.4) is 0 Å². The van der Waals surface area contributed by atoms with Gasteiger partial charge in [0, 0.05) is 12.6 Å². The zero-order chi connectivity index (χ0) is 13.6. The molecule has 4 nitrogen and oxygen atoms in total. The number of hydrogen-bond donors (Lipinski definition) is 1. The summed E-state index contributed by atoms with van der Waals surface area (Å²) in [4.78, 5) is 1.90. The fourth-order valence-electron chi connectivity index (χ4n) is 2.20. The van der Waals surface area contributed by atoms with Crippen molar-refractivity contribution in [1.82, 2.24) is 4.90 Å². The van der Waals surface area contributed by atoms with Crippen LogP contribution in [0.5, 0.6) is 0 Å². The summed E-state index contributed by atoms with van der Waals surface area (Å²) in [6.45, 7) is 4.42. The van der Waals surface area contributed by atoms with Crippen LogP contribution in [0, 0.1) is 12.3 Å². The lowest BCUT2D eigenvalue weighted by atomic mass is 10.1. The Morgan fingerprint density at radius 2 is 2.33 bits per heavy atom. The van der Waals surface area contributed by atoms with Gasteiger partial charge < -0.3 is 5.11 Å². The van der Waals surface area contributed by atoms with Crippen molar-refractivity contribution in [3.63, 3.8) is 0 Å². The molecule has 0 bridgehead atoms. The van der Waals surface area contributed by atoms with Gasteiger partial charge in [0.2, 0.25) is 0 Å². The standard InChI is InChI=1S/C13H21NO3S/c1-3-5-6-13(15)10-14(8-4-2)12-7-9-18(16,17)11-12/h2-3,12-13,15H,1,5-11H2. The molecule has 18 heavy (non-hydrogen) atoms. The summed E-state index contributed by atoms with van der Waals surface area (Å²) in [6.07, 6.45) is 8.56. The molecule has 1 saturated heterocycles. The van der Waals surface area contributed by atoms with Crippen LogP contribution in [-0.4, -0.2) is 55.2 Å². The van der Waals surface area contributed by atoms with E-state index in [0.717, 1.165) is 6.42 Å². The molecule has 2 unspecified atom stereocenters. The van der Waals surface area contributed by atoms with Crippen molar-refractivity contribution >= 4 is 9.84 Å². The molecule has 1 fully saturated rings. The largest absolute Gasteiger partial charge is 0.392 e. The lowest BCUT2D eigenvalue weighted by Crippen LogP contribution is -2.41. The van der Waals surface area contributed by atoms with Gasteiger partial charge in [-0.2, -0.15) is 0 Å². The van der Waals surface area contributed by atoms with Gasteiger partial charge in [-0.05, 0) is 19.3 Å². The highest BCUT2D eigenvalue weighted by molar-refractivity contribution is 7.91. The maximum absolute atomic E-state index is 11.5. The van der Waals surface area contributed by atoms with E-state index in [2.05, 4.69) is 12.5 Å². The van der Waals surface area contributed by atoms with Crippen molar-refractivity contribution in [3.8, 4) is 12.3 Å². The Morgan fingerprint density at radius 1 is 1.61 bits per heavy atom. The third-order valence-corrected chi connectivity index (χ3v) is 4.92. The fraction of sp³-hybridized carbons (Fsp3) is 0.692. The molecule has 0 aliphatic carbocycles. The monoisotopic (exact) mass is 271 g/mol. The lowest BCUT2D eigenvalue weighted by molar-refractivity contribution is 0.0957. The number of allylic oxidation sites excluding steroid dienone is 1. The first-order valence-corrected chi connectivity index (χ1v) is 7.97. The van der Waals surface area contributed by atoms with E-state index in [1.165, 1.54) is 0 Å². The average Bonchev–Trinajstić information content (AvgIpc) is 2.66. The van der Waals surface area contributed by atoms with Gasteiger partial charge in [0.05, 0.1) is 24.2 Å². The molecule has 1 heterocycles. The molecule has 0 aromatic rings. The van der Waals surface area contributed by atoms with Crippen LogP contribution < -0.4 is 0 Å². The number of nitrogens with zero attached hydrogens (tertiary/aromatic N) is 1. The topological polar surface area (TPSA) is 57.6 Å². The van der Waals surface area contributed by atoms with Crippen LogP contribution in [0.15, 0.2) is 12.7 Å². The van der Waals surface area contributed by atoms with Gasteiger partial charge in [0.25, 0.3) is 0 Å². The first kappa shape index (κ1) is 15.2. The first-order chi connectivity index (χ1) is 8.48. The van der Waals surface area contributed by atoms with Gasteiger partial charge in [-0.3, -0.25) is 4.90 Å². The summed E-state index contributed by atoms with van der Waals surface area (Å²) >= 11 is 0. The highest BCUT2D eigenvalue weighted by Gasteiger charge is 2.32. The van der Waals surface area contributed by atoms with Crippen molar-refractivity contribution in [1.29, 1.82) is 0 Å². The van der Waals surface area contributed by atoms with Gasteiger partial charge in [-0.25, -0.2) is 8.42 Å². The molecule has 1 aliphatic rings. The number of aliphatic hydroxyl groups is 1. The highest BCUT2D eigenvalue weighted by atomic mass is 32.2. The summed E-state index contributed by atoms with van der Waals surface area (Å²) in [6, 6.07) is -0.0515. The molecule has 2 atom stereocenters. The molecule has 102 valence electrons. The minimum atomic E-state index is -2.92. The van der Waals surface area contributed by atoms with Crippen molar-refractivity contribution in [2.45, 2.75) is 31.4 Å². The summed E-state index contributed by atoms with van der Waals surface area (Å²) in [7, 11) is -2.92. The van der Waals surface area contributed by atoms with Crippen LogP contribution in [0.4, 0.5) is 0 Å². The molecular formula is C13H21NO3S. The van der Waals surface area contributed by atoms with E-state index in [1.54, 1.807) is 6.08 Å². The smallest absolute Gasteiger partial charge is 0.151 e. The van der Waals surface area contributed by atoms with Crippen LogP contribution >= 0.6 is 0 Å². The molecule has 0 aromatic heterocycles. The van der Waals surface area contributed by atoms with E-state index in [0.29, 0.717) is 25.9 Å². The van der Waals surface area contributed by atoms with Crippen molar-refractivity contribution < 1.29 is 13.5 Å². The van der Waals surface area contributed by atoms with Crippen molar-refractivity contribution in [3.05, 3.63) is 12.7 Å². The molecule has 0 radical (unpaired) electrons. The SMILES string of the molecule is C#CCN(CC(O)CCC=C)C1CCS(=O)(=O)C1. The van der Waals surface area contributed by atoms with E-state index in [1.807, 2.05) is 4.90 Å². The van der Waals surface area contributed by atoms with Gasteiger partial charge in [0.15, 0.2) is 9.84 Å². The predicted octanol–water partition coefficient (Wildman–Crippen LogP) is 0.436. The molecule has 0 aromatic carbocycles. The van der Waals surface area contributed by atoms with Gasteiger partial charge in [-0.15, -0.1) is 13.0 Å². The third kappa shape index (κ3) is 4.81. The number of rotatable bonds is 7. The zero-order valence-corrected chi connectivity index (χ0v) is 11.4. The van der Waals surface area contributed by atoms with Crippen LogP contribution in [-0.2, 0) is 9.84 Å². The number of terminal acetylenes is 1. The second kappa shape index (κ2) is 6.93. The highest BCUT2D eigenvalue weighted by Crippen LogP contribution is 2.18. The second-order valence-corrected chi connectivity index (χ2v) is 6.94. The molecule has 0 amide bonds. The zero-order valence-electron chi connectivity index (χ0n) is 10.6. The Bertz CT molecular complexity index is 410. The van der Waals surface area contributed by atoms with E-state index in [9.17, 15) is 13.5 Å². The van der Waals surface area contributed by atoms with Gasteiger partial charge in [0.1, 0.15) is 0 Å². The maximum atomic E-state index is 11.5. The Balaban J connectivity index is 2.55. The average molecular weight is 271 g/mol. The molecule has 1 aliphatic heterocycles. The van der Waals surface area contributed by atoms with Crippen molar-refractivity contribution in [2.75, 3.05) is 24.6 Å². The molecule has 0 spiro atoms. The van der Waals surface area contributed by atoms with Gasteiger partial charge >= 0.3 is 0 Å². The Morgan fingerprint density at radius 3 is 2.83 bits per heavy atom. The van der Waals surface area contributed by atoms with E-state index < -0.39 is 15.9 Å². The Kier molecular flexibility index (Phi) is 5.86. The summed E-state index contributed by atoms with van der Waals surface area (Å²) < 4.78 is 22.9. The minimum Gasteiger partial charge on any atom is -0.392 e. The Hall–Kier alpha value is -0.830. The number of hydrogen-bond acceptors (Lipinski definition) is 4. The molecule has 1 rings (SSSR count). The predicted molar refractivity (Wildman–Crippen MR) is 72.9 cm³/mol. The molecule has 0 saturated carbocycles. The van der Waals surface area contributed by atoms with Crippen LogP contribution in [0.1, 0.15) is 19.3 Å².